The Balaban J connectivity index is 2.10. The van der Waals surface area contributed by atoms with E-state index in [1.807, 2.05) is 0 Å². The zero-order valence-electron chi connectivity index (χ0n) is 13.5. The van der Waals surface area contributed by atoms with Crippen molar-refractivity contribution in [2.24, 2.45) is 5.41 Å². The first kappa shape index (κ1) is 15.8. The van der Waals surface area contributed by atoms with Crippen LogP contribution < -0.4 is 5.32 Å². The second-order valence-corrected chi connectivity index (χ2v) is 7.57. The third-order valence-electron chi connectivity index (χ3n) is 5.35. The van der Waals surface area contributed by atoms with Gasteiger partial charge in [0.15, 0.2) is 0 Å². The van der Waals surface area contributed by atoms with Gasteiger partial charge in [0.25, 0.3) is 0 Å². The fraction of sp³-hybridized carbons (Fsp3) is 0.941. The molecule has 0 aliphatic heterocycles. The number of nitrogens with one attached hydrogen (secondary N) is 1. The lowest BCUT2D eigenvalue weighted by Crippen LogP contribution is -2.56. The molecule has 0 aromatic rings. The standard InChI is InChI=1S/C17H31NO2/c1-16(2)10-7-11-17(13-12-16,15(19)20-3)18-14-8-5-4-6-9-14/h14,18H,4-13H2,1-3H3. The van der Waals surface area contributed by atoms with Crippen molar-refractivity contribution in [3.8, 4) is 0 Å². The maximum Gasteiger partial charge on any atom is 0.326 e. The SMILES string of the molecule is COC(=O)C1(NC2CCCCC2)CCCC(C)(C)CC1. The average molecular weight is 281 g/mol. The van der Waals surface area contributed by atoms with Crippen molar-refractivity contribution in [2.45, 2.75) is 89.6 Å². The van der Waals surface area contributed by atoms with E-state index in [1.54, 1.807) is 0 Å². The van der Waals surface area contributed by atoms with Gasteiger partial charge < -0.3 is 4.74 Å². The van der Waals surface area contributed by atoms with Crippen molar-refractivity contribution in [3.63, 3.8) is 0 Å². The Hall–Kier alpha value is -0.570. The zero-order chi connectivity index (χ0) is 14.6. The molecule has 0 aromatic carbocycles. The van der Waals surface area contributed by atoms with Gasteiger partial charge in [0.2, 0.25) is 0 Å². The van der Waals surface area contributed by atoms with Gasteiger partial charge in [-0.05, 0) is 43.9 Å². The third-order valence-corrected chi connectivity index (χ3v) is 5.35. The summed E-state index contributed by atoms with van der Waals surface area (Å²) in [4.78, 5) is 12.4. The van der Waals surface area contributed by atoms with Crippen LogP contribution in [0.15, 0.2) is 0 Å². The Morgan fingerprint density at radius 2 is 1.70 bits per heavy atom. The molecule has 1 unspecified atom stereocenters. The molecule has 2 aliphatic rings. The first-order valence-corrected chi connectivity index (χ1v) is 8.34. The molecule has 2 fully saturated rings. The lowest BCUT2D eigenvalue weighted by molar-refractivity contribution is -0.150. The van der Waals surface area contributed by atoms with Crippen molar-refractivity contribution in [1.29, 1.82) is 0 Å². The van der Waals surface area contributed by atoms with Gasteiger partial charge in [-0.2, -0.15) is 0 Å². The summed E-state index contributed by atoms with van der Waals surface area (Å²) in [5, 5.41) is 3.73. The van der Waals surface area contributed by atoms with Gasteiger partial charge >= 0.3 is 5.97 Å². The third kappa shape index (κ3) is 3.75. The number of hydrogen-bond acceptors (Lipinski definition) is 3. The highest BCUT2D eigenvalue weighted by atomic mass is 16.5. The van der Waals surface area contributed by atoms with E-state index in [-0.39, 0.29) is 5.97 Å². The predicted octanol–water partition coefficient (Wildman–Crippen LogP) is 3.81. The Kier molecular flexibility index (Phi) is 5.11. The fourth-order valence-corrected chi connectivity index (χ4v) is 3.91. The Morgan fingerprint density at radius 3 is 2.35 bits per heavy atom. The molecule has 3 heteroatoms. The van der Waals surface area contributed by atoms with Crippen molar-refractivity contribution in [3.05, 3.63) is 0 Å². The maximum atomic E-state index is 12.4. The molecule has 0 heterocycles. The van der Waals surface area contributed by atoms with E-state index in [2.05, 4.69) is 19.2 Å². The highest BCUT2D eigenvalue weighted by Crippen LogP contribution is 2.39. The minimum Gasteiger partial charge on any atom is -0.468 e. The second-order valence-electron chi connectivity index (χ2n) is 7.57. The summed E-state index contributed by atoms with van der Waals surface area (Å²) in [5.74, 6) is -0.0410. The van der Waals surface area contributed by atoms with Crippen LogP contribution in [-0.2, 0) is 9.53 Å². The summed E-state index contributed by atoms with van der Waals surface area (Å²) in [6.45, 7) is 4.64. The average Bonchev–Trinajstić information content (AvgIpc) is 2.59. The normalized spacial score (nSPS) is 31.6. The van der Waals surface area contributed by atoms with Gasteiger partial charge in [0, 0.05) is 6.04 Å². The molecule has 20 heavy (non-hydrogen) atoms. The summed E-state index contributed by atoms with van der Waals surface area (Å²) < 4.78 is 5.16. The molecule has 0 radical (unpaired) electrons. The molecule has 2 rings (SSSR count). The van der Waals surface area contributed by atoms with Gasteiger partial charge in [0.1, 0.15) is 5.54 Å². The summed E-state index contributed by atoms with van der Waals surface area (Å²) in [6.07, 6.45) is 11.6. The van der Waals surface area contributed by atoms with Gasteiger partial charge in [-0.3, -0.25) is 10.1 Å². The molecule has 1 atom stereocenters. The minimum atomic E-state index is -0.426. The molecule has 3 nitrogen and oxygen atoms in total. The summed E-state index contributed by atoms with van der Waals surface area (Å²) >= 11 is 0. The number of carbonyl (C=O) groups is 1. The molecular formula is C17H31NO2. The molecule has 0 spiro atoms. The van der Waals surface area contributed by atoms with Crippen LogP contribution in [0, 0.1) is 5.41 Å². The summed E-state index contributed by atoms with van der Waals surface area (Å²) in [6, 6.07) is 0.504. The maximum absolute atomic E-state index is 12.4. The largest absolute Gasteiger partial charge is 0.468 e. The predicted molar refractivity (Wildman–Crippen MR) is 81.6 cm³/mol. The van der Waals surface area contributed by atoms with Crippen LogP contribution in [0.2, 0.25) is 0 Å². The highest BCUT2D eigenvalue weighted by Gasteiger charge is 2.43. The smallest absolute Gasteiger partial charge is 0.326 e. The van der Waals surface area contributed by atoms with Gasteiger partial charge in [0.05, 0.1) is 7.11 Å². The van der Waals surface area contributed by atoms with Crippen LogP contribution in [0.5, 0.6) is 0 Å². The Labute approximate surface area is 123 Å². The van der Waals surface area contributed by atoms with E-state index < -0.39 is 5.54 Å². The Bertz CT molecular complexity index is 334. The minimum absolute atomic E-state index is 0.0410. The first-order valence-electron chi connectivity index (χ1n) is 8.34. The summed E-state index contributed by atoms with van der Waals surface area (Å²) in [7, 11) is 1.53. The lowest BCUT2D eigenvalue weighted by Gasteiger charge is -2.37. The van der Waals surface area contributed by atoms with Crippen LogP contribution in [0.25, 0.3) is 0 Å². The topological polar surface area (TPSA) is 38.3 Å². The van der Waals surface area contributed by atoms with Crippen LogP contribution in [0.3, 0.4) is 0 Å². The van der Waals surface area contributed by atoms with Gasteiger partial charge in [-0.15, -0.1) is 0 Å². The van der Waals surface area contributed by atoms with Crippen molar-refractivity contribution < 1.29 is 9.53 Å². The monoisotopic (exact) mass is 281 g/mol. The number of ether oxygens (including phenoxy) is 1. The fourth-order valence-electron chi connectivity index (χ4n) is 3.91. The van der Waals surface area contributed by atoms with E-state index in [0.29, 0.717) is 11.5 Å². The lowest BCUT2D eigenvalue weighted by atomic mass is 9.82. The quantitative estimate of drug-likeness (QED) is 0.631. The molecule has 116 valence electrons. The molecule has 0 bridgehead atoms. The van der Waals surface area contributed by atoms with Crippen LogP contribution in [0.1, 0.15) is 78.1 Å². The van der Waals surface area contributed by atoms with Crippen molar-refractivity contribution in [1.82, 2.24) is 5.32 Å². The molecular weight excluding hydrogens is 250 g/mol. The molecule has 0 aromatic heterocycles. The van der Waals surface area contributed by atoms with E-state index in [4.69, 9.17) is 4.74 Å². The first-order chi connectivity index (χ1) is 9.47. The molecule has 0 amide bonds. The number of methoxy groups -OCH3 is 1. The van der Waals surface area contributed by atoms with Crippen molar-refractivity contribution in [2.75, 3.05) is 7.11 Å². The van der Waals surface area contributed by atoms with E-state index in [0.717, 1.165) is 25.7 Å². The highest BCUT2D eigenvalue weighted by molar-refractivity contribution is 5.80. The number of esters is 1. The van der Waals surface area contributed by atoms with Crippen LogP contribution >= 0.6 is 0 Å². The van der Waals surface area contributed by atoms with E-state index in [1.165, 1.54) is 45.6 Å². The number of rotatable bonds is 3. The second kappa shape index (κ2) is 6.46. The Morgan fingerprint density at radius 1 is 1.00 bits per heavy atom. The van der Waals surface area contributed by atoms with Crippen LogP contribution in [0.4, 0.5) is 0 Å². The molecule has 0 saturated heterocycles. The number of carbonyl (C=O) groups excluding carboxylic acids is 1. The summed E-state index contributed by atoms with van der Waals surface area (Å²) in [5.41, 5.74) is -0.0749. The van der Waals surface area contributed by atoms with Crippen LogP contribution in [-0.4, -0.2) is 24.7 Å². The zero-order valence-corrected chi connectivity index (χ0v) is 13.5. The van der Waals surface area contributed by atoms with Crippen molar-refractivity contribution >= 4 is 5.97 Å². The molecule has 1 N–H and O–H groups in total. The molecule has 2 saturated carbocycles. The molecule has 2 aliphatic carbocycles. The van der Waals surface area contributed by atoms with Gasteiger partial charge in [-0.1, -0.05) is 39.5 Å². The number of hydrogen-bond donors (Lipinski definition) is 1. The van der Waals surface area contributed by atoms with E-state index >= 15 is 0 Å². The van der Waals surface area contributed by atoms with E-state index in [9.17, 15) is 4.79 Å². The van der Waals surface area contributed by atoms with Gasteiger partial charge in [-0.25, -0.2) is 0 Å².